The normalized spacial score (nSPS) is 13.4. The number of hydrogen-bond acceptors (Lipinski definition) is 2. The third kappa shape index (κ3) is 3.74. The molecule has 1 unspecified atom stereocenters. The summed E-state index contributed by atoms with van der Waals surface area (Å²) in [6.07, 6.45) is 0. The van der Waals surface area contributed by atoms with E-state index in [4.69, 9.17) is 0 Å². The van der Waals surface area contributed by atoms with Crippen molar-refractivity contribution in [2.24, 2.45) is 5.41 Å². The number of anilines is 1. The average molecular weight is 248 g/mol. The molecule has 1 aromatic carbocycles. The summed E-state index contributed by atoms with van der Waals surface area (Å²) >= 11 is 0. The second kappa shape index (κ2) is 6.24. The average Bonchev–Trinajstić information content (AvgIpc) is 2.30. The van der Waals surface area contributed by atoms with Crippen LogP contribution in [0.25, 0.3) is 0 Å². The minimum absolute atomic E-state index is 0.269. The van der Waals surface area contributed by atoms with Crippen molar-refractivity contribution in [2.45, 2.75) is 40.7 Å². The summed E-state index contributed by atoms with van der Waals surface area (Å²) < 4.78 is 0. The molecule has 0 fully saturated rings. The number of nitrogens with zero attached hydrogens (tertiary/aromatic N) is 1. The van der Waals surface area contributed by atoms with Gasteiger partial charge in [-0.25, -0.2) is 0 Å². The third-order valence-electron chi connectivity index (χ3n) is 3.63. The monoisotopic (exact) mass is 248 g/mol. The molecular weight excluding hydrogens is 220 g/mol. The summed E-state index contributed by atoms with van der Waals surface area (Å²) in [6, 6.07) is 9.11. The number of hydrogen-bond donors (Lipinski definition) is 1. The summed E-state index contributed by atoms with van der Waals surface area (Å²) in [5, 5.41) is 3.45. The van der Waals surface area contributed by atoms with E-state index in [0.717, 1.165) is 13.1 Å². The maximum atomic E-state index is 3.45. The molecule has 102 valence electrons. The Hall–Kier alpha value is -1.02. The van der Waals surface area contributed by atoms with Crippen LogP contribution in [-0.2, 0) is 0 Å². The summed E-state index contributed by atoms with van der Waals surface area (Å²) in [7, 11) is 2.06. The van der Waals surface area contributed by atoms with Crippen molar-refractivity contribution in [2.75, 3.05) is 25.0 Å². The van der Waals surface area contributed by atoms with Crippen molar-refractivity contribution >= 4 is 5.69 Å². The zero-order valence-electron chi connectivity index (χ0n) is 12.7. The van der Waals surface area contributed by atoms with Gasteiger partial charge in [-0.15, -0.1) is 0 Å². The van der Waals surface area contributed by atoms with Gasteiger partial charge in [0.15, 0.2) is 0 Å². The van der Waals surface area contributed by atoms with E-state index in [-0.39, 0.29) is 5.41 Å². The van der Waals surface area contributed by atoms with E-state index in [9.17, 15) is 0 Å². The zero-order chi connectivity index (χ0) is 13.8. The first kappa shape index (κ1) is 15.0. The Labute approximate surface area is 112 Å². The topological polar surface area (TPSA) is 15.3 Å². The molecule has 18 heavy (non-hydrogen) atoms. The van der Waals surface area contributed by atoms with Crippen LogP contribution >= 0.6 is 0 Å². The number of likely N-dealkylation sites (N-methyl/N-ethyl adjacent to an activating group) is 2. The van der Waals surface area contributed by atoms with Gasteiger partial charge in [0.2, 0.25) is 0 Å². The van der Waals surface area contributed by atoms with Crippen molar-refractivity contribution in [1.82, 2.24) is 5.32 Å². The van der Waals surface area contributed by atoms with Gasteiger partial charge < -0.3 is 10.2 Å². The lowest BCUT2D eigenvalue weighted by Crippen LogP contribution is -2.47. The van der Waals surface area contributed by atoms with E-state index in [1.807, 2.05) is 0 Å². The maximum absolute atomic E-state index is 3.45. The van der Waals surface area contributed by atoms with Gasteiger partial charge in [-0.3, -0.25) is 0 Å². The largest absolute Gasteiger partial charge is 0.370 e. The number of para-hydroxylation sites is 1. The quantitative estimate of drug-likeness (QED) is 0.858. The van der Waals surface area contributed by atoms with Gasteiger partial charge in [-0.1, -0.05) is 39.0 Å². The lowest BCUT2D eigenvalue weighted by molar-refractivity contribution is 0.283. The molecule has 1 N–H and O–H groups in total. The first-order chi connectivity index (χ1) is 8.40. The highest BCUT2D eigenvalue weighted by atomic mass is 15.2. The molecule has 0 radical (unpaired) electrons. The first-order valence-electron chi connectivity index (χ1n) is 6.88. The maximum Gasteiger partial charge on any atom is 0.0396 e. The third-order valence-corrected chi connectivity index (χ3v) is 3.63. The molecule has 0 aliphatic heterocycles. The van der Waals surface area contributed by atoms with E-state index in [1.54, 1.807) is 0 Å². The van der Waals surface area contributed by atoms with Crippen LogP contribution in [0.2, 0.25) is 0 Å². The van der Waals surface area contributed by atoms with E-state index >= 15 is 0 Å². The van der Waals surface area contributed by atoms with Crippen LogP contribution in [0, 0.1) is 12.3 Å². The summed E-state index contributed by atoms with van der Waals surface area (Å²) in [4.78, 5) is 2.46. The van der Waals surface area contributed by atoms with Crippen LogP contribution in [-0.4, -0.2) is 26.2 Å². The molecule has 1 atom stereocenters. The Morgan fingerprint density at radius 2 is 1.83 bits per heavy atom. The van der Waals surface area contributed by atoms with Gasteiger partial charge in [0.1, 0.15) is 0 Å². The molecule has 0 saturated heterocycles. The molecule has 2 nitrogen and oxygen atoms in total. The number of aryl methyl sites for hydroxylation is 1. The molecule has 0 bridgehead atoms. The van der Waals surface area contributed by atoms with Crippen molar-refractivity contribution in [1.29, 1.82) is 0 Å². The van der Waals surface area contributed by atoms with Crippen molar-refractivity contribution in [3.8, 4) is 0 Å². The fraction of sp³-hybridized carbons (Fsp3) is 0.625. The number of benzene rings is 1. The highest BCUT2D eigenvalue weighted by molar-refractivity contribution is 5.53. The molecule has 0 aliphatic rings. The predicted octanol–water partition coefficient (Wildman–Crippen LogP) is 3.46. The minimum atomic E-state index is 0.269. The highest BCUT2D eigenvalue weighted by Crippen LogP contribution is 2.24. The Morgan fingerprint density at radius 3 is 2.28 bits per heavy atom. The zero-order valence-corrected chi connectivity index (χ0v) is 12.7. The van der Waals surface area contributed by atoms with Gasteiger partial charge >= 0.3 is 0 Å². The molecule has 0 amide bonds. The van der Waals surface area contributed by atoms with Gasteiger partial charge in [-0.2, -0.15) is 0 Å². The summed E-state index contributed by atoms with van der Waals surface area (Å²) in [5.74, 6) is 0. The minimum Gasteiger partial charge on any atom is -0.370 e. The lowest BCUT2D eigenvalue weighted by Gasteiger charge is -2.36. The smallest absolute Gasteiger partial charge is 0.0396 e. The molecule has 0 saturated carbocycles. The fourth-order valence-electron chi connectivity index (χ4n) is 2.33. The van der Waals surface area contributed by atoms with E-state index in [1.165, 1.54) is 11.3 Å². The molecule has 0 aliphatic carbocycles. The summed E-state index contributed by atoms with van der Waals surface area (Å²) in [5.41, 5.74) is 2.97. The van der Waals surface area contributed by atoms with Crippen LogP contribution in [0.5, 0.6) is 0 Å². The Morgan fingerprint density at radius 1 is 1.22 bits per heavy atom. The Balaban J connectivity index is 2.88. The second-order valence-electron chi connectivity index (χ2n) is 6.03. The van der Waals surface area contributed by atoms with Gasteiger partial charge in [0.25, 0.3) is 0 Å². The SMILES string of the molecule is CCN(CC(NC)C(C)(C)C)c1ccccc1C. The molecule has 1 aromatic rings. The summed E-state index contributed by atoms with van der Waals surface area (Å²) in [6.45, 7) is 13.4. The Kier molecular flexibility index (Phi) is 5.21. The van der Waals surface area contributed by atoms with Crippen LogP contribution in [0.4, 0.5) is 5.69 Å². The van der Waals surface area contributed by atoms with E-state index in [2.05, 4.69) is 76.1 Å². The van der Waals surface area contributed by atoms with Gasteiger partial charge in [0.05, 0.1) is 0 Å². The Bertz CT molecular complexity index is 366. The number of nitrogens with one attached hydrogen (secondary N) is 1. The van der Waals surface area contributed by atoms with E-state index < -0.39 is 0 Å². The first-order valence-corrected chi connectivity index (χ1v) is 6.88. The molecular formula is C16H28N2. The lowest BCUT2D eigenvalue weighted by atomic mass is 9.86. The van der Waals surface area contributed by atoms with Crippen molar-refractivity contribution < 1.29 is 0 Å². The van der Waals surface area contributed by atoms with Crippen LogP contribution in [0.15, 0.2) is 24.3 Å². The fourth-order valence-corrected chi connectivity index (χ4v) is 2.33. The van der Waals surface area contributed by atoms with Crippen molar-refractivity contribution in [3.05, 3.63) is 29.8 Å². The van der Waals surface area contributed by atoms with Crippen LogP contribution in [0.3, 0.4) is 0 Å². The number of rotatable bonds is 5. The molecule has 0 aromatic heterocycles. The van der Waals surface area contributed by atoms with Crippen LogP contribution in [0.1, 0.15) is 33.3 Å². The van der Waals surface area contributed by atoms with E-state index in [0.29, 0.717) is 6.04 Å². The van der Waals surface area contributed by atoms with Gasteiger partial charge in [-0.05, 0) is 37.9 Å². The molecule has 1 rings (SSSR count). The van der Waals surface area contributed by atoms with Gasteiger partial charge in [0, 0.05) is 24.8 Å². The molecule has 2 heteroatoms. The standard InChI is InChI=1S/C16H28N2/c1-7-18(12-15(17-6)16(3,4)5)14-11-9-8-10-13(14)2/h8-11,15,17H,7,12H2,1-6H3. The van der Waals surface area contributed by atoms with Crippen molar-refractivity contribution in [3.63, 3.8) is 0 Å². The molecule has 0 heterocycles. The van der Waals surface area contributed by atoms with Crippen LogP contribution < -0.4 is 10.2 Å². The predicted molar refractivity (Wildman–Crippen MR) is 81.4 cm³/mol. The highest BCUT2D eigenvalue weighted by Gasteiger charge is 2.25. The second-order valence-corrected chi connectivity index (χ2v) is 6.03. The molecule has 0 spiro atoms.